The molecule has 0 radical (unpaired) electrons. The molecule has 0 heterocycles. The molecule has 0 amide bonds. The first-order valence-electron chi connectivity index (χ1n) is 6.48. The highest BCUT2D eigenvalue weighted by Crippen LogP contribution is 2.35. The van der Waals surface area contributed by atoms with E-state index in [4.69, 9.17) is 0 Å². The van der Waals surface area contributed by atoms with Gasteiger partial charge in [0.05, 0.1) is 0 Å². The van der Waals surface area contributed by atoms with Crippen LogP contribution in [0.3, 0.4) is 0 Å². The molecule has 2 heteroatoms. The molecule has 0 saturated heterocycles. The van der Waals surface area contributed by atoms with Crippen molar-refractivity contribution in [2.75, 3.05) is 0 Å². The molecular weight excluding hydrogens is 222 g/mol. The van der Waals surface area contributed by atoms with E-state index < -0.39 is 0 Å². The number of hydrogen-bond donors (Lipinski definition) is 1. The lowest BCUT2D eigenvalue weighted by Crippen LogP contribution is -2.43. The minimum absolute atomic E-state index is 0.105. The van der Waals surface area contributed by atoms with Crippen LogP contribution in [-0.2, 0) is 0 Å². The predicted molar refractivity (Wildman–Crippen MR) is 81.0 cm³/mol. The van der Waals surface area contributed by atoms with E-state index in [2.05, 4.69) is 65.6 Å². The Balaban J connectivity index is 2.96. The molecule has 1 N–H and O–H groups in total. The smallest absolute Gasteiger partial charge is 0.0458 e. The maximum absolute atomic E-state index is 3.75. The van der Waals surface area contributed by atoms with Crippen LogP contribution in [0.4, 0.5) is 0 Å². The minimum atomic E-state index is -0.317. The molecule has 1 nitrogen and oxygen atoms in total. The van der Waals surface area contributed by atoms with Gasteiger partial charge in [-0.2, -0.15) is 0 Å². The van der Waals surface area contributed by atoms with Crippen LogP contribution in [0.15, 0.2) is 22.4 Å². The standard InChI is InChI=1S/C15H27NSi/c1-10-11(2)13(4)14(12(10)3)16-15(5,6)9-17(7)8/h9,12,16H,1-8H3. The molecule has 1 aliphatic rings. The van der Waals surface area contributed by atoms with E-state index >= 15 is 0 Å². The van der Waals surface area contributed by atoms with Crippen LogP contribution in [0.25, 0.3) is 0 Å². The molecule has 0 spiro atoms. The van der Waals surface area contributed by atoms with Gasteiger partial charge in [0.2, 0.25) is 0 Å². The highest BCUT2D eigenvalue weighted by Gasteiger charge is 2.27. The summed E-state index contributed by atoms with van der Waals surface area (Å²) in [6, 6.07) is 0. The summed E-state index contributed by atoms with van der Waals surface area (Å²) >= 11 is 0. The Morgan fingerprint density at radius 3 is 2.00 bits per heavy atom. The van der Waals surface area contributed by atoms with Gasteiger partial charge < -0.3 is 5.32 Å². The average molecular weight is 249 g/mol. The summed E-state index contributed by atoms with van der Waals surface area (Å²) in [6.45, 7) is 18.3. The van der Waals surface area contributed by atoms with E-state index in [1.165, 1.54) is 22.4 Å². The fourth-order valence-electron chi connectivity index (χ4n) is 2.67. The van der Waals surface area contributed by atoms with Crippen molar-refractivity contribution in [1.82, 2.24) is 5.32 Å². The normalized spacial score (nSPS) is 21.1. The van der Waals surface area contributed by atoms with Crippen LogP contribution >= 0.6 is 0 Å². The molecule has 1 unspecified atom stereocenters. The lowest BCUT2D eigenvalue weighted by atomic mass is 10.0. The third kappa shape index (κ3) is 3.18. The third-order valence-corrected chi connectivity index (χ3v) is 5.05. The first-order valence-corrected chi connectivity index (χ1v) is 9.06. The van der Waals surface area contributed by atoms with Gasteiger partial charge in [0.15, 0.2) is 0 Å². The van der Waals surface area contributed by atoms with Gasteiger partial charge in [-0.05, 0) is 45.8 Å². The molecule has 0 fully saturated rings. The molecule has 96 valence electrons. The van der Waals surface area contributed by atoms with Crippen molar-refractivity contribution in [2.45, 2.75) is 60.2 Å². The Morgan fingerprint density at radius 1 is 1.12 bits per heavy atom. The molecule has 1 aliphatic carbocycles. The summed E-state index contributed by atoms with van der Waals surface area (Å²) in [5, 5.41) is 3.75. The molecule has 17 heavy (non-hydrogen) atoms. The van der Waals surface area contributed by atoms with Crippen LogP contribution in [0, 0.1) is 5.92 Å². The quantitative estimate of drug-likeness (QED) is 0.751. The summed E-state index contributed by atoms with van der Waals surface area (Å²) in [5.41, 5.74) is 8.43. The molecule has 0 aromatic carbocycles. The van der Waals surface area contributed by atoms with Crippen molar-refractivity contribution in [3.63, 3.8) is 0 Å². The molecule has 1 rings (SSSR count). The Kier molecular flexibility index (Phi) is 4.18. The van der Waals surface area contributed by atoms with E-state index in [9.17, 15) is 0 Å². The van der Waals surface area contributed by atoms with Gasteiger partial charge in [-0.25, -0.2) is 0 Å². The van der Waals surface area contributed by atoms with Gasteiger partial charge in [0, 0.05) is 25.6 Å². The van der Waals surface area contributed by atoms with Crippen LogP contribution in [0.5, 0.6) is 0 Å². The summed E-state index contributed by atoms with van der Waals surface area (Å²) < 4.78 is 0. The van der Waals surface area contributed by atoms with Crippen molar-refractivity contribution < 1.29 is 0 Å². The Bertz CT molecular complexity index is 407. The van der Waals surface area contributed by atoms with E-state index in [0.29, 0.717) is 5.92 Å². The maximum Gasteiger partial charge on any atom is 0.0458 e. The summed E-state index contributed by atoms with van der Waals surface area (Å²) in [6.07, 6.45) is 0. The number of nitrogens with one attached hydrogen (secondary N) is 1. The maximum atomic E-state index is 3.75. The third-order valence-electron chi connectivity index (χ3n) is 3.75. The number of hydrogen-bond acceptors (Lipinski definition) is 1. The lowest BCUT2D eigenvalue weighted by molar-refractivity contribution is 0.541. The summed E-state index contributed by atoms with van der Waals surface area (Å²) in [5.74, 6) is 0.548. The highest BCUT2D eigenvalue weighted by molar-refractivity contribution is 6.64. The van der Waals surface area contributed by atoms with Crippen molar-refractivity contribution in [1.29, 1.82) is 0 Å². The molecule has 0 aromatic rings. The first-order chi connectivity index (χ1) is 7.65. The molecule has 0 aromatic heterocycles. The van der Waals surface area contributed by atoms with Crippen LogP contribution in [0.1, 0.15) is 41.5 Å². The monoisotopic (exact) mass is 249 g/mol. The Morgan fingerprint density at radius 2 is 1.65 bits per heavy atom. The fraction of sp³-hybridized carbons (Fsp3) is 0.667. The van der Waals surface area contributed by atoms with Gasteiger partial charge >= 0.3 is 0 Å². The first kappa shape index (κ1) is 14.4. The zero-order valence-electron chi connectivity index (χ0n) is 12.7. The van der Waals surface area contributed by atoms with E-state index in [0.717, 1.165) is 0 Å². The Labute approximate surface area is 108 Å². The fourth-order valence-corrected chi connectivity index (χ4v) is 4.19. The zero-order chi connectivity index (χ0) is 13.4. The second-order valence-corrected chi connectivity index (χ2v) is 8.58. The molecule has 1 atom stereocenters. The SMILES string of the molecule is CC1=C(C)C(C)C(NC(C)(C)C=[Si](C)C)=C1C. The van der Waals surface area contributed by atoms with E-state index in [1.54, 1.807) is 0 Å². The molecule has 0 aliphatic heterocycles. The Hall–Kier alpha value is -0.633. The van der Waals surface area contributed by atoms with Gasteiger partial charge in [0.25, 0.3) is 0 Å². The van der Waals surface area contributed by atoms with Crippen molar-refractivity contribution in [3.8, 4) is 0 Å². The molecule has 0 bridgehead atoms. The molecular formula is C15H27NSi. The zero-order valence-corrected chi connectivity index (χ0v) is 13.7. The summed E-state index contributed by atoms with van der Waals surface area (Å²) in [4.78, 5) is 0. The highest BCUT2D eigenvalue weighted by atomic mass is 28.2. The minimum Gasteiger partial charge on any atom is -0.380 e. The van der Waals surface area contributed by atoms with Crippen molar-refractivity contribution in [3.05, 3.63) is 22.4 Å². The topological polar surface area (TPSA) is 12.0 Å². The van der Waals surface area contributed by atoms with E-state index in [1.807, 2.05) is 0 Å². The van der Waals surface area contributed by atoms with Gasteiger partial charge in [-0.1, -0.05) is 31.3 Å². The van der Waals surface area contributed by atoms with Crippen LogP contribution in [0.2, 0.25) is 13.1 Å². The second-order valence-electron chi connectivity index (χ2n) is 6.14. The largest absolute Gasteiger partial charge is 0.380 e. The van der Waals surface area contributed by atoms with Gasteiger partial charge in [-0.3, -0.25) is 0 Å². The molecule has 0 saturated carbocycles. The van der Waals surface area contributed by atoms with Crippen LogP contribution in [-0.4, -0.2) is 19.6 Å². The average Bonchev–Trinajstić information content (AvgIpc) is 2.33. The van der Waals surface area contributed by atoms with Crippen LogP contribution < -0.4 is 5.32 Å². The van der Waals surface area contributed by atoms with Gasteiger partial charge in [0.1, 0.15) is 0 Å². The predicted octanol–water partition coefficient (Wildman–Crippen LogP) is 3.75. The number of rotatable bonds is 3. The lowest BCUT2D eigenvalue weighted by Gasteiger charge is -2.29. The van der Waals surface area contributed by atoms with Gasteiger partial charge in [-0.15, -0.1) is 0 Å². The second kappa shape index (κ2) is 4.93. The van der Waals surface area contributed by atoms with Crippen molar-refractivity contribution >= 4 is 14.1 Å². The summed E-state index contributed by atoms with van der Waals surface area (Å²) in [7, 11) is -0.317. The van der Waals surface area contributed by atoms with E-state index in [-0.39, 0.29) is 13.9 Å². The van der Waals surface area contributed by atoms with Crippen molar-refractivity contribution in [2.24, 2.45) is 5.92 Å². The number of allylic oxidation sites excluding steroid dienone is 3.